The zero-order valence-electron chi connectivity index (χ0n) is 13.0. The van der Waals surface area contributed by atoms with Gasteiger partial charge >= 0.3 is 0 Å². The zero-order chi connectivity index (χ0) is 15.3. The molecule has 0 spiro atoms. The van der Waals surface area contributed by atoms with Crippen molar-refractivity contribution in [3.63, 3.8) is 0 Å². The van der Waals surface area contributed by atoms with Crippen molar-refractivity contribution in [2.75, 3.05) is 38.2 Å². The molecule has 0 bridgehead atoms. The second-order valence-corrected chi connectivity index (χ2v) is 5.85. The molecule has 0 radical (unpaired) electrons. The first-order valence-corrected chi connectivity index (χ1v) is 6.74. The lowest BCUT2D eigenvalue weighted by Gasteiger charge is -2.27. The van der Waals surface area contributed by atoms with Gasteiger partial charge in [0.05, 0.1) is 17.4 Å². The number of anilines is 2. The van der Waals surface area contributed by atoms with Gasteiger partial charge in [-0.05, 0) is 47.0 Å². The van der Waals surface area contributed by atoms with E-state index in [2.05, 4.69) is 10.3 Å². The quantitative estimate of drug-likeness (QED) is 0.696. The molecule has 1 heterocycles. The van der Waals surface area contributed by atoms with Crippen molar-refractivity contribution in [2.45, 2.75) is 32.5 Å². The number of nitrogen functional groups attached to an aromatic ring is 1. The van der Waals surface area contributed by atoms with Gasteiger partial charge in [-0.15, -0.1) is 0 Å². The van der Waals surface area contributed by atoms with Crippen LogP contribution >= 0.6 is 0 Å². The summed E-state index contributed by atoms with van der Waals surface area (Å²) in [6.45, 7) is 6.57. The number of nitrogens with two attached hydrogens (primary N) is 1. The number of hydrogen-bond acceptors (Lipinski definition) is 6. The van der Waals surface area contributed by atoms with E-state index in [0.717, 1.165) is 0 Å². The summed E-state index contributed by atoms with van der Waals surface area (Å²) in [5, 5.41) is 13.3. The van der Waals surface area contributed by atoms with E-state index in [1.165, 1.54) is 0 Å². The van der Waals surface area contributed by atoms with Gasteiger partial charge in [0.15, 0.2) is 0 Å². The SMILES string of the molecule is CC(C)Oc1nc(NCC(C)(O)CN(C)C)ccc1N. The smallest absolute Gasteiger partial charge is 0.239 e. The summed E-state index contributed by atoms with van der Waals surface area (Å²) in [6.07, 6.45) is 0.0110. The van der Waals surface area contributed by atoms with Crippen LogP contribution < -0.4 is 15.8 Å². The topological polar surface area (TPSA) is 83.6 Å². The normalized spacial score (nSPS) is 14.4. The summed E-state index contributed by atoms with van der Waals surface area (Å²) in [5.74, 6) is 1.05. The highest BCUT2D eigenvalue weighted by Crippen LogP contribution is 2.22. The molecule has 0 aromatic carbocycles. The number of aromatic nitrogens is 1. The van der Waals surface area contributed by atoms with Crippen LogP contribution in [0.5, 0.6) is 5.88 Å². The lowest BCUT2D eigenvalue weighted by Crippen LogP contribution is -2.43. The van der Waals surface area contributed by atoms with Gasteiger partial charge < -0.3 is 25.8 Å². The van der Waals surface area contributed by atoms with E-state index in [1.807, 2.05) is 32.8 Å². The summed E-state index contributed by atoms with van der Waals surface area (Å²) in [4.78, 5) is 6.25. The molecule has 0 saturated heterocycles. The van der Waals surface area contributed by atoms with Gasteiger partial charge in [0.25, 0.3) is 0 Å². The van der Waals surface area contributed by atoms with E-state index in [-0.39, 0.29) is 6.10 Å². The van der Waals surface area contributed by atoms with E-state index in [0.29, 0.717) is 30.5 Å². The summed E-state index contributed by atoms with van der Waals surface area (Å²) >= 11 is 0. The van der Waals surface area contributed by atoms with Crippen LogP contribution in [-0.4, -0.2) is 53.9 Å². The highest BCUT2D eigenvalue weighted by Gasteiger charge is 2.21. The Morgan fingerprint density at radius 1 is 1.45 bits per heavy atom. The summed E-state index contributed by atoms with van der Waals surface area (Å²) in [7, 11) is 3.84. The zero-order valence-corrected chi connectivity index (χ0v) is 13.0. The van der Waals surface area contributed by atoms with Gasteiger partial charge in [-0.1, -0.05) is 0 Å². The second-order valence-electron chi connectivity index (χ2n) is 5.85. The molecule has 114 valence electrons. The Morgan fingerprint density at radius 2 is 2.10 bits per heavy atom. The Kier molecular flexibility index (Phi) is 5.59. The second kappa shape index (κ2) is 6.76. The lowest BCUT2D eigenvalue weighted by molar-refractivity contribution is 0.0459. The number of nitrogens with one attached hydrogen (secondary N) is 1. The van der Waals surface area contributed by atoms with Crippen LogP contribution in [0.1, 0.15) is 20.8 Å². The minimum Gasteiger partial charge on any atom is -0.473 e. The summed E-state index contributed by atoms with van der Waals surface area (Å²) in [6, 6.07) is 3.52. The third kappa shape index (κ3) is 5.63. The van der Waals surface area contributed by atoms with Crippen molar-refractivity contribution < 1.29 is 9.84 Å². The van der Waals surface area contributed by atoms with Crippen LogP contribution in [0.2, 0.25) is 0 Å². The first kappa shape index (κ1) is 16.5. The molecule has 4 N–H and O–H groups in total. The van der Waals surface area contributed by atoms with Crippen molar-refractivity contribution in [2.24, 2.45) is 0 Å². The molecule has 0 aliphatic rings. The van der Waals surface area contributed by atoms with Crippen LogP contribution in [0.4, 0.5) is 11.5 Å². The molecule has 6 nitrogen and oxygen atoms in total. The van der Waals surface area contributed by atoms with Crippen LogP contribution in [0.25, 0.3) is 0 Å². The predicted molar refractivity (Wildman–Crippen MR) is 82.1 cm³/mol. The number of likely N-dealkylation sites (N-methyl/N-ethyl adjacent to an activating group) is 1. The average molecular weight is 282 g/mol. The maximum absolute atomic E-state index is 10.2. The number of nitrogens with zero attached hydrogens (tertiary/aromatic N) is 2. The minimum absolute atomic E-state index is 0.0110. The van der Waals surface area contributed by atoms with Crippen molar-refractivity contribution in [1.82, 2.24) is 9.88 Å². The van der Waals surface area contributed by atoms with E-state index >= 15 is 0 Å². The number of aliphatic hydroxyl groups is 1. The molecule has 0 saturated carbocycles. The summed E-state index contributed by atoms with van der Waals surface area (Å²) in [5.41, 5.74) is 5.48. The highest BCUT2D eigenvalue weighted by molar-refractivity contribution is 5.53. The van der Waals surface area contributed by atoms with Gasteiger partial charge in [-0.3, -0.25) is 0 Å². The molecule has 20 heavy (non-hydrogen) atoms. The number of hydrogen-bond donors (Lipinski definition) is 3. The van der Waals surface area contributed by atoms with E-state index in [1.54, 1.807) is 19.1 Å². The van der Waals surface area contributed by atoms with E-state index in [4.69, 9.17) is 10.5 Å². The first-order valence-electron chi connectivity index (χ1n) is 6.74. The van der Waals surface area contributed by atoms with Crippen LogP contribution in [0.15, 0.2) is 12.1 Å². The van der Waals surface area contributed by atoms with Gasteiger partial charge in [0.2, 0.25) is 5.88 Å². The van der Waals surface area contributed by atoms with Crippen LogP contribution in [-0.2, 0) is 0 Å². The molecule has 1 aromatic rings. The Balaban J connectivity index is 2.69. The average Bonchev–Trinajstić information content (AvgIpc) is 2.28. The van der Waals surface area contributed by atoms with Crippen molar-refractivity contribution in [3.8, 4) is 5.88 Å². The molecular weight excluding hydrogens is 256 g/mol. The molecule has 1 unspecified atom stereocenters. The predicted octanol–water partition coefficient (Wildman–Crippen LogP) is 1.18. The molecule has 0 aliphatic carbocycles. The Bertz CT molecular complexity index is 433. The maximum Gasteiger partial charge on any atom is 0.239 e. The van der Waals surface area contributed by atoms with Crippen molar-refractivity contribution in [3.05, 3.63) is 12.1 Å². The fourth-order valence-corrected chi connectivity index (χ4v) is 1.89. The molecule has 1 aromatic heterocycles. The van der Waals surface area contributed by atoms with Gasteiger partial charge in [-0.25, -0.2) is 0 Å². The molecule has 6 heteroatoms. The molecule has 0 amide bonds. The fourth-order valence-electron chi connectivity index (χ4n) is 1.89. The molecule has 0 fully saturated rings. The molecular formula is C14H26N4O2. The monoisotopic (exact) mass is 282 g/mol. The third-order valence-electron chi connectivity index (χ3n) is 2.54. The molecule has 1 rings (SSSR count). The Labute approximate surface area is 120 Å². The van der Waals surface area contributed by atoms with Crippen LogP contribution in [0.3, 0.4) is 0 Å². The maximum atomic E-state index is 10.2. The van der Waals surface area contributed by atoms with Gasteiger partial charge in [0, 0.05) is 13.1 Å². The van der Waals surface area contributed by atoms with E-state index < -0.39 is 5.60 Å². The summed E-state index contributed by atoms with van der Waals surface area (Å²) < 4.78 is 5.54. The molecule has 0 aliphatic heterocycles. The number of rotatable bonds is 7. The van der Waals surface area contributed by atoms with E-state index in [9.17, 15) is 5.11 Å². The first-order chi connectivity index (χ1) is 9.19. The van der Waals surface area contributed by atoms with Crippen LogP contribution in [0, 0.1) is 0 Å². The van der Waals surface area contributed by atoms with Crippen molar-refractivity contribution in [1.29, 1.82) is 0 Å². The number of pyridine rings is 1. The third-order valence-corrected chi connectivity index (χ3v) is 2.54. The van der Waals surface area contributed by atoms with Gasteiger partial charge in [0.1, 0.15) is 5.82 Å². The Morgan fingerprint density at radius 3 is 2.65 bits per heavy atom. The largest absolute Gasteiger partial charge is 0.473 e. The standard InChI is InChI=1S/C14H26N4O2/c1-10(2)20-13-11(15)6-7-12(17-13)16-8-14(3,19)9-18(4)5/h6-7,10,19H,8-9,15H2,1-5H3,(H,16,17). The lowest BCUT2D eigenvalue weighted by atomic mass is 10.1. The number of ether oxygens (including phenoxy) is 1. The van der Waals surface area contributed by atoms with Crippen molar-refractivity contribution >= 4 is 11.5 Å². The fraction of sp³-hybridized carbons (Fsp3) is 0.643. The van der Waals surface area contributed by atoms with Gasteiger partial charge in [-0.2, -0.15) is 4.98 Å². The highest BCUT2D eigenvalue weighted by atomic mass is 16.5. The minimum atomic E-state index is -0.842. The Hall–Kier alpha value is -1.53. The molecule has 1 atom stereocenters.